The fourth-order valence-electron chi connectivity index (χ4n) is 2.99. The first-order valence-corrected chi connectivity index (χ1v) is 11.0. The number of hydrogen-bond acceptors (Lipinski definition) is 3. The Bertz CT molecular complexity index is 526. The van der Waals surface area contributed by atoms with Crippen LogP contribution in [0.5, 0.6) is 0 Å². The second kappa shape index (κ2) is 15.2. The summed E-state index contributed by atoms with van der Waals surface area (Å²) in [5, 5.41) is 0. The van der Waals surface area contributed by atoms with E-state index in [2.05, 4.69) is 6.92 Å². The Morgan fingerprint density at radius 3 is 1.52 bits per heavy atom. The van der Waals surface area contributed by atoms with Crippen molar-refractivity contribution in [1.82, 2.24) is 0 Å². The van der Waals surface area contributed by atoms with Crippen LogP contribution in [0.1, 0.15) is 89.5 Å². The van der Waals surface area contributed by atoms with Gasteiger partial charge in [-0.3, -0.25) is 0 Å². The quantitative estimate of drug-likeness (QED) is 0.285. The molecule has 0 saturated carbocycles. The van der Waals surface area contributed by atoms with Gasteiger partial charge in [0, 0.05) is 0 Å². The van der Waals surface area contributed by atoms with Crippen molar-refractivity contribution in [3.05, 3.63) is 29.8 Å². The van der Waals surface area contributed by atoms with Crippen molar-refractivity contribution in [3.8, 4) is 0 Å². The fraction of sp³-hybridized carbons (Fsp3) is 0.700. The SMILES string of the molecule is CCCCCCCCCCCCCCc1ccc(S(=O)(=O)[O-])cc1.[Na+]. The van der Waals surface area contributed by atoms with E-state index in [0.29, 0.717) is 0 Å². The van der Waals surface area contributed by atoms with Crippen molar-refractivity contribution < 1.29 is 42.5 Å². The molecule has 5 heteroatoms. The van der Waals surface area contributed by atoms with E-state index in [1.54, 1.807) is 12.1 Å². The zero-order valence-corrected chi connectivity index (χ0v) is 19.0. The largest absolute Gasteiger partial charge is 1.00 e. The van der Waals surface area contributed by atoms with Gasteiger partial charge in [-0.05, 0) is 30.5 Å². The molecule has 25 heavy (non-hydrogen) atoms. The van der Waals surface area contributed by atoms with Gasteiger partial charge in [-0.2, -0.15) is 0 Å². The molecule has 0 unspecified atom stereocenters. The van der Waals surface area contributed by atoms with Gasteiger partial charge >= 0.3 is 29.6 Å². The van der Waals surface area contributed by atoms with Gasteiger partial charge in [0.15, 0.2) is 0 Å². The molecule has 1 aromatic rings. The third kappa shape index (κ3) is 13.0. The first-order valence-electron chi connectivity index (χ1n) is 9.59. The van der Waals surface area contributed by atoms with Gasteiger partial charge < -0.3 is 4.55 Å². The standard InChI is InChI=1S/C20H34O3S.Na/c1-2-3-4-5-6-7-8-9-10-11-12-13-14-19-15-17-20(18-16-19)24(21,22)23;/h15-18H,2-14H2,1H3,(H,21,22,23);/q;+1/p-1. The maximum atomic E-state index is 10.9. The summed E-state index contributed by atoms with van der Waals surface area (Å²) in [6.45, 7) is 2.26. The molecule has 0 bridgehead atoms. The Morgan fingerprint density at radius 1 is 0.720 bits per heavy atom. The molecule has 0 N–H and O–H groups in total. The van der Waals surface area contributed by atoms with E-state index < -0.39 is 10.1 Å². The van der Waals surface area contributed by atoms with Crippen molar-refractivity contribution in [2.75, 3.05) is 0 Å². The Kier molecular flexibility index (Phi) is 15.3. The summed E-state index contributed by atoms with van der Waals surface area (Å²) in [5.74, 6) is 0. The van der Waals surface area contributed by atoms with Crippen molar-refractivity contribution in [3.63, 3.8) is 0 Å². The van der Waals surface area contributed by atoms with Gasteiger partial charge in [0.1, 0.15) is 10.1 Å². The molecule has 0 atom stereocenters. The molecule has 1 rings (SSSR count). The molecule has 0 aliphatic carbocycles. The maximum Gasteiger partial charge on any atom is 1.00 e. The molecular formula is C20H33NaO3S. The summed E-state index contributed by atoms with van der Waals surface area (Å²) < 4.78 is 32.6. The van der Waals surface area contributed by atoms with E-state index in [9.17, 15) is 13.0 Å². The van der Waals surface area contributed by atoms with E-state index in [1.165, 1.54) is 82.8 Å². The van der Waals surface area contributed by atoms with E-state index in [4.69, 9.17) is 0 Å². The second-order valence-corrected chi connectivity index (χ2v) is 8.12. The third-order valence-corrected chi connectivity index (χ3v) is 5.38. The molecule has 0 fully saturated rings. The molecule has 0 heterocycles. The van der Waals surface area contributed by atoms with Crippen LogP contribution in [0.3, 0.4) is 0 Å². The summed E-state index contributed by atoms with van der Waals surface area (Å²) in [6.07, 6.45) is 16.9. The van der Waals surface area contributed by atoms with Crippen LogP contribution in [0.2, 0.25) is 0 Å². The second-order valence-electron chi connectivity index (χ2n) is 6.74. The molecular weight excluding hydrogens is 343 g/mol. The number of benzene rings is 1. The first-order chi connectivity index (χ1) is 11.5. The minimum Gasteiger partial charge on any atom is -0.744 e. The Morgan fingerprint density at radius 2 is 1.12 bits per heavy atom. The normalized spacial score (nSPS) is 11.3. The van der Waals surface area contributed by atoms with Gasteiger partial charge in [-0.15, -0.1) is 0 Å². The average Bonchev–Trinajstić information content (AvgIpc) is 2.55. The molecule has 0 spiro atoms. The molecule has 1 aromatic carbocycles. The van der Waals surface area contributed by atoms with Crippen LogP contribution in [-0.2, 0) is 16.5 Å². The van der Waals surface area contributed by atoms with Gasteiger partial charge in [0.25, 0.3) is 0 Å². The topological polar surface area (TPSA) is 57.2 Å². The average molecular weight is 377 g/mol. The molecule has 0 aromatic heterocycles. The Labute approximate surface area is 177 Å². The van der Waals surface area contributed by atoms with Gasteiger partial charge in [0.05, 0.1) is 4.90 Å². The van der Waals surface area contributed by atoms with Crippen LogP contribution < -0.4 is 29.6 Å². The van der Waals surface area contributed by atoms with Gasteiger partial charge in [-0.25, -0.2) is 8.42 Å². The molecule has 0 aliphatic heterocycles. The predicted molar refractivity (Wildman–Crippen MR) is 99.2 cm³/mol. The van der Waals surface area contributed by atoms with Crippen molar-refractivity contribution in [1.29, 1.82) is 0 Å². The number of aryl methyl sites for hydroxylation is 1. The Hall–Kier alpha value is 0.130. The zero-order valence-electron chi connectivity index (χ0n) is 16.1. The minimum atomic E-state index is -4.32. The van der Waals surface area contributed by atoms with E-state index >= 15 is 0 Å². The van der Waals surface area contributed by atoms with Crippen LogP contribution in [0.15, 0.2) is 29.2 Å². The molecule has 0 saturated heterocycles. The maximum absolute atomic E-state index is 10.9. The van der Waals surface area contributed by atoms with Crippen molar-refractivity contribution in [2.45, 2.75) is 95.3 Å². The summed E-state index contributed by atoms with van der Waals surface area (Å²) in [7, 11) is -4.32. The summed E-state index contributed by atoms with van der Waals surface area (Å²) in [4.78, 5) is -0.138. The molecule has 0 amide bonds. The smallest absolute Gasteiger partial charge is 0.744 e. The summed E-state index contributed by atoms with van der Waals surface area (Å²) in [5.41, 5.74) is 1.11. The van der Waals surface area contributed by atoms with E-state index in [1.807, 2.05) is 0 Å². The van der Waals surface area contributed by atoms with Crippen LogP contribution in [0, 0.1) is 0 Å². The first kappa shape index (κ1) is 25.1. The van der Waals surface area contributed by atoms with Gasteiger partial charge in [-0.1, -0.05) is 89.7 Å². The molecule has 3 nitrogen and oxygen atoms in total. The van der Waals surface area contributed by atoms with Crippen molar-refractivity contribution in [2.24, 2.45) is 0 Å². The van der Waals surface area contributed by atoms with E-state index in [-0.39, 0.29) is 34.5 Å². The molecule has 0 radical (unpaired) electrons. The fourth-order valence-corrected chi connectivity index (χ4v) is 3.46. The zero-order chi connectivity index (χ0) is 17.7. The predicted octanol–water partition coefficient (Wildman–Crippen LogP) is 2.84. The molecule has 0 aliphatic rings. The van der Waals surface area contributed by atoms with Crippen LogP contribution in [-0.4, -0.2) is 13.0 Å². The van der Waals surface area contributed by atoms with Crippen LogP contribution >= 0.6 is 0 Å². The van der Waals surface area contributed by atoms with E-state index in [0.717, 1.165) is 18.4 Å². The van der Waals surface area contributed by atoms with Crippen LogP contribution in [0.25, 0.3) is 0 Å². The number of rotatable bonds is 14. The van der Waals surface area contributed by atoms with Gasteiger partial charge in [0.2, 0.25) is 0 Å². The van der Waals surface area contributed by atoms with Crippen LogP contribution in [0.4, 0.5) is 0 Å². The molecule has 138 valence electrons. The summed E-state index contributed by atoms with van der Waals surface area (Å²) >= 11 is 0. The summed E-state index contributed by atoms with van der Waals surface area (Å²) in [6, 6.07) is 6.34. The Balaban J connectivity index is 0.00000576. The number of unbranched alkanes of at least 4 members (excludes halogenated alkanes) is 11. The monoisotopic (exact) mass is 376 g/mol. The minimum absolute atomic E-state index is 0. The van der Waals surface area contributed by atoms with Crippen molar-refractivity contribution >= 4 is 10.1 Å². The third-order valence-electron chi connectivity index (χ3n) is 4.53. The number of hydrogen-bond donors (Lipinski definition) is 0.